The van der Waals surface area contributed by atoms with E-state index >= 15 is 0 Å². The highest BCUT2D eigenvalue weighted by molar-refractivity contribution is 7.89. The van der Waals surface area contributed by atoms with Crippen LogP contribution in [-0.4, -0.2) is 20.9 Å². The number of rotatable bonds is 4. The lowest BCUT2D eigenvalue weighted by molar-refractivity contribution is -0.116. The molecule has 0 aliphatic carbocycles. The van der Waals surface area contributed by atoms with Gasteiger partial charge >= 0.3 is 0 Å². The molecule has 0 spiro atoms. The molecule has 1 aliphatic rings. The lowest BCUT2D eigenvalue weighted by atomic mass is 10.0. The van der Waals surface area contributed by atoms with Crippen LogP contribution in [0.1, 0.15) is 18.9 Å². The molecule has 1 aromatic rings. The number of fused-ring (bicyclic) bond motifs is 1. The van der Waals surface area contributed by atoms with Crippen LogP contribution in [-0.2, 0) is 26.1 Å². The van der Waals surface area contributed by atoms with Gasteiger partial charge in [-0.2, -0.15) is 0 Å². The molecule has 18 heavy (non-hydrogen) atoms. The van der Waals surface area contributed by atoms with Gasteiger partial charge in [0.2, 0.25) is 5.91 Å². The molecule has 0 aromatic heterocycles. The van der Waals surface area contributed by atoms with Crippen molar-refractivity contribution < 1.29 is 18.0 Å². The number of nitrogens with one attached hydrogen (secondary N) is 2. The molecule has 1 heterocycles. The van der Waals surface area contributed by atoms with Gasteiger partial charge < -0.3 is 5.32 Å². The average Bonchev–Trinajstić information content (AvgIpc) is 2.35. The summed E-state index contributed by atoms with van der Waals surface area (Å²) in [6.45, 7) is 1.94. The maximum atomic E-state index is 11.8. The van der Waals surface area contributed by atoms with Crippen molar-refractivity contribution in [3.05, 3.63) is 23.8 Å². The quantitative estimate of drug-likeness (QED) is 0.793. The highest BCUT2D eigenvalue weighted by Crippen LogP contribution is 2.25. The van der Waals surface area contributed by atoms with E-state index in [0.29, 0.717) is 18.5 Å². The van der Waals surface area contributed by atoms with E-state index in [4.69, 9.17) is 4.84 Å². The summed E-state index contributed by atoms with van der Waals surface area (Å²) in [5.41, 5.74) is 1.48. The normalized spacial score (nSPS) is 15.1. The van der Waals surface area contributed by atoms with E-state index in [2.05, 4.69) is 5.32 Å². The van der Waals surface area contributed by atoms with Crippen LogP contribution in [0.15, 0.2) is 23.1 Å². The van der Waals surface area contributed by atoms with Crippen molar-refractivity contribution in [2.75, 3.05) is 11.9 Å². The van der Waals surface area contributed by atoms with Crippen molar-refractivity contribution in [3.63, 3.8) is 0 Å². The Morgan fingerprint density at radius 2 is 2.17 bits per heavy atom. The maximum Gasteiger partial charge on any atom is 0.262 e. The van der Waals surface area contributed by atoms with Crippen molar-refractivity contribution in [2.24, 2.45) is 0 Å². The zero-order valence-corrected chi connectivity index (χ0v) is 10.7. The Morgan fingerprint density at radius 3 is 2.89 bits per heavy atom. The summed E-state index contributed by atoms with van der Waals surface area (Å²) in [7, 11) is -3.65. The smallest absolute Gasteiger partial charge is 0.262 e. The predicted octanol–water partition coefficient (Wildman–Crippen LogP) is 0.801. The fourth-order valence-electron chi connectivity index (χ4n) is 1.71. The zero-order chi connectivity index (χ0) is 13.2. The number of anilines is 1. The molecule has 0 unspecified atom stereocenters. The van der Waals surface area contributed by atoms with Crippen LogP contribution in [0, 0.1) is 0 Å². The molecular weight excluding hydrogens is 256 g/mol. The Balaban J connectivity index is 2.29. The van der Waals surface area contributed by atoms with Crippen LogP contribution in [0.3, 0.4) is 0 Å². The summed E-state index contributed by atoms with van der Waals surface area (Å²) >= 11 is 0. The molecule has 6 nitrogen and oxygen atoms in total. The molecule has 98 valence electrons. The van der Waals surface area contributed by atoms with Crippen molar-refractivity contribution in [3.8, 4) is 0 Å². The van der Waals surface area contributed by atoms with E-state index in [0.717, 1.165) is 5.56 Å². The minimum atomic E-state index is -3.65. The summed E-state index contributed by atoms with van der Waals surface area (Å²) < 4.78 is 23.6. The van der Waals surface area contributed by atoms with Crippen molar-refractivity contribution in [1.29, 1.82) is 0 Å². The third kappa shape index (κ3) is 2.69. The molecule has 1 aliphatic heterocycles. The second-order valence-electron chi connectivity index (χ2n) is 3.89. The lowest BCUT2D eigenvalue weighted by Crippen LogP contribution is -2.25. The molecule has 7 heteroatoms. The van der Waals surface area contributed by atoms with Crippen LogP contribution >= 0.6 is 0 Å². The Morgan fingerprint density at radius 1 is 1.39 bits per heavy atom. The molecule has 0 bridgehead atoms. The van der Waals surface area contributed by atoms with Crippen LogP contribution in [0.2, 0.25) is 0 Å². The minimum absolute atomic E-state index is 0.0504. The Hall–Kier alpha value is -1.44. The standard InChI is InChI=1S/C11H14N2O4S/c1-2-17-13-18(15,16)9-4-5-10-8(7-9)3-6-11(14)12-10/h4-5,7,13H,2-3,6H2,1H3,(H,12,14). The molecule has 0 atom stereocenters. The first-order valence-corrected chi connectivity index (χ1v) is 7.07. The number of hydrogen-bond donors (Lipinski definition) is 2. The first-order chi connectivity index (χ1) is 8.53. The molecule has 0 saturated heterocycles. The first kappa shape index (κ1) is 13.0. The Labute approximate surface area is 105 Å². The fourth-order valence-corrected chi connectivity index (χ4v) is 2.63. The van der Waals surface area contributed by atoms with Gasteiger partial charge in [0, 0.05) is 12.1 Å². The largest absolute Gasteiger partial charge is 0.326 e. The van der Waals surface area contributed by atoms with E-state index in [1.165, 1.54) is 6.07 Å². The van der Waals surface area contributed by atoms with E-state index in [1.807, 2.05) is 4.89 Å². The third-order valence-corrected chi connectivity index (χ3v) is 3.81. The average molecular weight is 270 g/mol. The van der Waals surface area contributed by atoms with Gasteiger partial charge in [-0.3, -0.25) is 9.63 Å². The number of carbonyl (C=O) groups is 1. The summed E-state index contributed by atoms with van der Waals surface area (Å²) in [4.78, 5) is 18.0. The van der Waals surface area contributed by atoms with E-state index in [1.54, 1.807) is 19.1 Å². The van der Waals surface area contributed by atoms with E-state index in [-0.39, 0.29) is 17.4 Å². The monoisotopic (exact) mass is 270 g/mol. The van der Waals surface area contributed by atoms with Gasteiger partial charge in [0.1, 0.15) is 0 Å². The van der Waals surface area contributed by atoms with Crippen molar-refractivity contribution >= 4 is 21.6 Å². The summed E-state index contributed by atoms with van der Waals surface area (Å²) in [5.74, 6) is -0.0504. The SMILES string of the molecule is CCONS(=O)(=O)c1ccc2c(c1)CCC(=O)N2. The second-order valence-corrected chi connectivity index (χ2v) is 5.53. The van der Waals surface area contributed by atoms with Gasteiger partial charge in [-0.25, -0.2) is 8.42 Å². The predicted molar refractivity (Wildman–Crippen MR) is 65.3 cm³/mol. The fraction of sp³-hybridized carbons (Fsp3) is 0.364. The molecule has 0 saturated carbocycles. The number of hydrogen-bond acceptors (Lipinski definition) is 4. The number of carbonyl (C=O) groups excluding carboxylic acids is 1. The summed E-state index contributed by atoms with van der Waals surface area (Å²) in [6.07, 6.45) is 0.911. The molecule has 0 fully saturated rings. The van der Waals surface area contributed by atoms with E-state index < -0.39 is 10.0 Å². The van der Waals surface area contributed by atoms with Crippen LogP contribution < -0.4 is 10.2 Å². The number of sulfonamides is 1. The lowest BCUT2D eigenvalue weighted by Gasteiger charge is -2.17. The highest BCUT2D eigenvalue weighted by atomic mass is 32.2. The van der Waals surface area contributed by atoms with Crippen molar-refractivity contribution in [2.45, 2.75) is 24.7 Å². The van der Waals surface area contributed by atoms with Crippen LogP contribution in [0.25, 0.3) is 0 Å². The molecule has 1 amide bonds. The Bertz CT molecular complexity index is 568. The van der Waals surface area contributed by atoms with E-state index in [9.17, 15) is 13.2 Å². The third-order valence-electron chi connectivity index (χ3n) is 2.60. The van der Waals surface area contributed by atoms with Gasteiger partial charge in [0.15, 0.2) is 0 Å². The molecule has 1 aromatic carbocycles. The number of amides is 1. The first-order valence-electron chi connectivity index (χ1n) is 5.59. The molecule has 2 rings (SSSR count). The molecule has 0 radical (unpaired) electrons. The van der Waals surface area contributed by atoms with Gasteiger partial charge in [0.05, 0.1) is 11.5 Å². The van der Waals surface area contributed by atoms with Crippen LogP contribution in [0.5, 0.6) is 0 Å². The second kappa shape index (κ2) is 5.05. The number of benzene rings is 1. The Kier molecular flexibility index (Phi) is 3.65. The highest BCUT2D eigenvalue weighted by Gasteiger charge is 2.19. The van der Waals surface area contributed by atoms with Crippen LogP contribution in [0.4, 0.5) is 5.69 Å². The number of aryl methyl sites for hydroxylation is 1. The topological polar surface area (TPSA) is 84.5 Å². The summed E-state index contributed by atoms with van der Waals surface area (Å²) in [5, 5.41) is 2.70. The summed E-state index contributed by atoms with van der Waals surface area (Å²) in [6, 6.07) is 4.58. The van der Waals surface area contributed by atoms with Gasteiger partial charge in [-0.1, -0.05) is 4.89 Å². The van der Waals surface area contributed by atoms with Gasteiger partial charge in [-0.05, 0) is 37.1 Å². The van der Waals surface area contributed by atoms with Gasteiger partial charge in [-0.15, -0.1) is 0 Å². The van der Waals surface area contributed by atoms with Gasteiger partial charge in [0.25, 0.3) is 10.0 Å². The minimum Gasteiger partial charge on any atom is -0.326 e. The molecule has 2 N–H and O–H groups in total. The van der Waals surface area contributed by atoms with Crippen molar-refractivity contribution in [1.82, 2.24) is 4.89 Å². The zero-order valence-electron chi connectivity index (χ0n) is 9.89. The molecular formula is C11H14N2O4S. The maximum absolute atomic E-state index is 11.8.